The first-order valence-electron chi connectivity index (χ1n) is 9.36. The fourth-order valence-electron chi connectivity index (χ4n) is 4.02. The molecule has 2 aromatic rings. The highest BCUT2D eigenvalue weighted by Crippen LogP contribution is 2.49. The molecule has 4 rings (SSSR count). The minimum Gasteiger partial charge on any atom is -0.481 e. The van der Waals surface area contributed by atoms with Crippen molar-refractivity contribution < 1.29 is 36.6 Å². The zero-order chi connectivity index (χ0) is 22.5. The smallest absolute Gasteiger partial charge is 0.481 e. The molecule has 0 aromatic heterocycles. The molecule has 0 spiro atoms. The number of aliphatic carboxylic acids is 1. The van der Waals surface area contributed by atoms with Gasteiger partial charge in [-0.1, -0.05) is 12.1 Å². The van der Waals surface area contributed by atoms with Crippen LogP contribution in [0.5, 0.6) is 5.75 Å². The molecule has 2 atom stereocenters. The first kappa shape index (κ1) is 20.9. The molecular formula is C21H15F5N2O3. The summed E-state index contributed by atoms with van der Waals surface area (Å²) < 4.78 is 71.3. The molecule has 1 saturated carbocycles. The summed E-state index contributed by atoms with van der Waals surface area (Å²) in [6.45, 7) is 0.106. The molecule has 1 N–H and O–H groups in total. The van der Waals surface area contributed by atoms with E-state index < -0.39 is 41.2 Å². The highest BCUT2D eigenvalue weighted by Gasteiger charge is 2.46. The summed E-state index contributed by atoms with van der Waals surface area (Å²) in [5, 5.41) is 18.1. The second-order valence-electron chi connectivity index (χ2n) is 7.53. The van der Waals surface area contributed by atoms with Crippen molar-refractivity contribution in [1.82, 2.24) is 0 Å². The number of hydrogen-bond donors (Lipinski definition) is 1. The number of hydrogen-bond acceptors (Lipinski definition) is 4. The summed E-state index contributed by atoms with van der Waals surface area (Å²) in [5.74, 6) is -4.16. The maximum Gasteiger partial charge on any atom is 0.573 e. The number of rotatable bonds is 4. The fourth-order valence-corrected chi connectivity index (χ4v) is 4.02. The van der Waals surface area contributed by atoms with Gasteiger partial charge in [-0.3, -0.25) is 4.79 Å². The lowest BCUT2D eigenvalue weighted by Crippen LogP contribution is -2.32. The second-order valence-corrected chi connectivity index (χ2v) is 7.53. The third-order valence-electron chi connectivity index (χ3n) is 5.59. The van der Waals surface area contributed by atoms with Gasteiger partial charge >= 0.3 is 12.3 Å². The molecular weight excluding hydrogens is 423 g/mol. The number of anilines is 1. The van der Waals surface area contributed by atoms with Crippen molar-refractivity contribution in [3.8, 4) is 11.8 Å². The van der Waals surface area contributed by atoms with E-state index in [1.807, 2.05) is 0 Å². The minimum absolute atomic E-state index is 0.0107. The van der Waals surface area contributed by atoms with Crippen LogP contribution in [0.2, 0.25) is 0 Å². The molecule has 2 aromatic carbocycles. The lowest BCUT2D eigenvalue weighted by atomic mass is 9.94. The summed E-state index contributed by atoms with van der Waals surface area (Å²) >= 11 is 0. The Hall–Kier alpha value is -3.35. The van der Waals surface area contributed by atoms with Crippen molar-refractivity contribution in [1.29, 1.82) is 5.26 Å². The molecule has 1 fully saturated rings. The van der Waals surface area contributed by atoms with Crippen molar-refractivity contribution in [2.24, 2.45) is 5.92 Å². The number of benzene rings is 2. The molecule has 0 amide bonds. The van der Waals surface area contributed by atoms with Gasteiger partial charge < -0.3 is 14.7 Å². The predicted molar refractivity (Wildman–Crippen MR) is 97.4 cm³/mol. The van der Waals surface area contributed by atoms with E-state index in [-0.39, 0.29) is 31.1 Å². The van der Waals surface area contributed by atoms with Crippen LogP contribution in [0, 0.1) is 28.9 Å². The number of carbonyl (C=O) groups is 1. The van der Waals surface area contributed by atoms with Gasteiger partial charge in [-0.15, -0.1) is 13.2 Å². The zero-order valence-electron chi connectivity index (χ0n) is 15.8. The van der Waals surface area contributed by atoms with Crippen LogP contribution in [-0.4, -0.2) is 24.0 Å². The SMILES string of the molecule is N#Cc1cc(OC(F)(F)F)cc(N2CCc3c(ccc(C4CC4C(=O)O)c3F)C2)c1F. The Morgan fingerprint density at radius 3 is 2.58 bits per heavy atom. The lowest BCUT2D eigenvalue weighted by Gasteiger charge is -2.32. The number of nitriles is 1. The van der Waals surface area contributed by atoms with Gasteiger partial charge in [0.1, 0.15) is 17.6 Å². The third kappa shape index (κ3) is 4.00. The normalized spacial score (nSPS) is 20.1. The van der Waals surface area contributed by atoms with E-state index >= 15 is 0 Å². The van der Waals surface area contributed by atoms with Crippen molar-refractivity contribution in [2.75, 3.05) is 11.4 Å². The second kappa shape index (κ2) is 7.41. The number of alkyl halides is 3. The van der Waals surface area contributed by atoms with Crippen molar-refractivity contribution in [2.45, 2.75) is 31.7 Å². The Morgan fingerprint density at radius 1 is 1.23 bits per heavy atom. The van der Waals surface area contributed by atoms with Crippen LogP contribution in [0.4, 0.5) is 27.6 Å². The van der Waals surface area contributed by atoms with Gasteiger partial charge in [-0.05, 0) is 29.5 Å². The van der Waals surface area contributed by atoms with E-state index in [2.05, 4.69) is 4.74 Å². The average Bonchev–Trinajstić information content (AvgIpc) is 3.49. The molecule has 2 unspecified atom stereocenters. The Bertz CT molecular complexity index is 1110. The Morgan fingerprint density at radius 2 is 1.97 bits per heavy atom. The van der Waals surface area contributed by atoms with Crippen LogP contribution >= 0.6 is 0 Å². The van der Waals surface area contributed by atoms with Gasteiger partial charge in [0.25, 0.3) is 0 Å². The molecule has 31 heavy (non-hydrogen) atoms. The number of carboxylic acid groups (broad SMARTS) is 1. The minimum atomic E-state index is -5.01. The number of halogens is 5. The number of nitrogens with zero attached hydrogens (tertiary/aromatic N) is 2. The maximum absolute atomic E-state index is 15.0. The number of fused-ring (bicyclic) bond motifs is 1. The molecule has 0 radical (unpaired) electrons. The topological polar surface area (TPSA) is 73.6 Å². The molecule has 0 bridgehead atoms. The summed E-state index contributed by atoms with van der Waals surface area (Å²) in [4.78, 5) is 12.5. The third-order valence-corrected chi connectivity index (χ3v) is 5.59. The first-order valence-corrected chi connectivity index (χ1v) is 9.36. The quantitative estimate of drug-likeness (QED) is 0.713. The van der Waals surface area contributed by atoms with E-state index in [0.29, 0.717) is 29.2 Å². The number of carboxylic acids is 1. The molecule has 5 nitrogen and oxygen atoms in total. The highest BCUT2D eigenvalue weighted by molar-refractivity contribution is 5.75. The van der Waals surface area contributed by atoms with E-state index in [9.17, 15) is 26.7 Å². The van der Waals surface area contributed by atoms with Crippen LogP contribution in [0.15, 0.2) is 24.3 Å². The van der Waals surface area contributed by atoms with E-state index in [1.165, 1.54) is 17.0 Å². The van der Waals surface area contributed by atoms with Gasteiger partial charge in [0.2, 0.25) is 0 Å². The summed E-state index contributed by atoms with van der Waals surface area (Å²) in [5.41, 5.74) is 0.380. The van der Waals surface area contributed by atoms with Crippen molar-refractivity contribution in [3.05, 3.63) is 58.2 Å². The van der Waals surface area contributed by atoms with Gasteiger partial charge in [0.15, 0.2) is 5.82 Å². The van der Waals surface area contributed by atoms with Crippen molar-refractivity contribution in [3.63, 3.8) is 0 Å². The number of ether oxygens (including phenoxy) is 1. The highest BCUT2D eigenvalue weighted by atomic mass is 19.4. The first-order chi connectivity index (χ1) is 14.6. The molecule has 2 aliphatic rings. The van der Waals surface area contributed by atoms with E-state index in [4.69, 9.17) is 10.4 Å². The van der Waals surface area contributed by atoms with Crippen LogP contribution in [0.3, 0.4) is 0 Å². The van der Waals surface area contributed by atoms with E-state index in [0.717, 1.165) is 6.07 Å². The standard InChI is InChI=1S/C21H15F5N2O3/c22-18-11(8-27)5-12(31-21(24,25)26)6-17(18)28-4-3-13-10(9-28)1-2-14(19(13)23)15-7-16(15)20(29)30/h1-2,5-6,15-16H,3-4,7,9H2,(H,29,30). The summed E-state index contributed by atoms with van der Waals surface area (Å²) in [6.07, 6.45) is -4.50. The molecule has 0 saturated heterocycles. The molecule has 10 heteroatoms. The average molecular weight is 438 g/mol. The Balaban J connectivity index is 1.64. The van der Waals surface area contributed by atoms with Crippen LogP contribution < -0.4 is 9.64 Å². The zero-order valence-corrected chi connectivity index (χ0v) is 15.8. The van der Waals surface area contributed by atoms with Gasteiger partial charge in [-0.25, -0.2) is 8.78 Å². The maximum atomic E-state index is 15.0. The van der Waals surface area contributed by atoms with Crippen LogP contribution in [0.1, 0.15) is 34.6 Å². The summed E-state index contributed by atoms with van der Waals surface area (Å²) in [6, 6.07) is 6.17. The lowest BCUT2D eigenvalue weighted by molar-refractivity contribution is -0.274. The molecule has 1 aliphatic carbocycles. The van der Waals surface area contributed by atoms with Gasteiger partial charge in [0.05, 0.1) is 17.2 Å². The largest absolute Gasteiger partial charge is 0.573 e. The van der Waals surface area contributed by atoms with Crippen LogP contribution in [-0.2, 0) is 17.8 Å². The monoisotopic (exact) mass is 438 g/mol. The Labute approximate surface area is 173 Å². The van der Waals surface area contributed by atoms with Crippen LogP contribution in [0.25, 0.3) is 0 Å². The van der Waals surface area contributed by atoms with E-state index in [1.54, 1.807) is 6.07 Å². The van der Waals surface area contributed by atoms with Gasteiger partial charge in [0, 0.05) is 31.1 Å². The fraction of sp³-hybridized carbons (Fsp3) is 0.333. The molecule has 1 aliphatic heterocycles. The molecule has 1 heterocycles. The predicted octanol–water partition coefficient (Wildman–Crippen LogP) is 4.49. The molecule has 162 valence electrons. The van der Waals surface area contributed by atoms with Gasteiger partial charge in [-0.2, -0.15) is 5.26 Å². The Kier molecular flexibility index (Phi) is 5.00. The summed E-state index contributed by atoms with van der Waals surface area (Å²) in [7, 11) is 0. The van der Waals surface area contributed by atoms with Crippen molar-refractivity contribution >= 4 is 11.7 Å².